The summed E-state index contributed by atoms with van der Waals surface area (Å²) < 4.78 is 10.9. The Hall–Kier alpha value is -1.30. The van der Waals surface area contributed by atoms with Gasteiger partial charge in [0, 0.05) is 13.2 Å². The summed E-state index contributed by atoms with van der Waals surface area (Å²) in [5.41, 5.74) is -1.76. The van der Waals surface area contributed by atoms with Gasteiger partial charge in [0.05, 0.1) is 11.0 Å². The average molecular weight is 347 g/mol. The standard InChI is InChI=1S/C16H31NO5.C2H6/c1-14(2,3)22-13(20)17-10-8-16(6,7)21-11-9-15(4,5)12(18)19;1-2/h8-11H2,1-7H3,(H,17,20)(H,18,19);1-2H3. The molecule has 24 heavy (non-hydrogen) atoms. The summed E-state index contributed by atoms with van der Waals surface area (Å²) in [6, 6.07) is 0. The van der Waals surface area contributed by atoms with Crippen molar-refractivity contribution in [3.8, 4) is 0 Å². The Kier molecular flexibility index (Phi) is 11.0. The number of alkyl carbamates (subject to hydrolysis) is 1. The zero-order chi connectivity index (χ0) is 19.6. The maximum Gasteiger partial charge on any atom is 0.407 e. The zero-order valence-electron chi connectivity index (χ0n) is 16.9. The number of ether oxygens (including phenoxy) is 2. The van der Waals surface area contributed by atoms with E-state index in [0.29, 0.717) is 26.0 Å². The SMILES string of the molecule is CC.CC(C)(C)OC(=O)NCCC(C)(C)OCCC(C)(C)C(=O)O. The molecule has 0 spiro atoms. The van der Waals surface area contributed by atoms with E-state index in [-0.39, 0.29) is 0 Å². The van der Waals surface area contributed by atoms with Gasteiger partial charge in [-0.2, -0.15) is 0 Å². The molecule has 0 aliphatic heterocycles. The highest BCUT2D eigenvalue weighted by molar-refractivity contribution is 5.73. The van der Waals surface area contributed by atoms with Crippen LogP contribution in [0.15, 0.2) is 0 Å². The number of nitrogens with one attached hydrogen (secondary N) is 1. The summed E-state index contributed by atoms with van der Waals surface area (Å²) in [6.45, 7) is 17.4. The molecular weight excluding hydrogens is 310 g/mol. The van der Waals surface area contributed by atoms with Crippen LogP contribution in [0.4, 0.5) is 4.79 Å². The summed E-state index contributed by atoms with van der Waals surface area (Å²) >= 11 is 0. The molecule has 0 aromatic carbocycles. The Labute approximate surface area is 147 Å². The van der Waals surface area contributed by atoms with Crippen LogP contribution in [0.5, 0.6) is 0 Å². The molecular formula is C18H37NO5. The number of rotatable bonds is 8. The average Bonchev–Trinajstić information content (AvgIpc) is 2.37. The fourth-order valence-electron chi connectivity index (χ4n) is 1.54. The third kappa shape index (κ3) is 13.2. The summed E-state index contributed by atoms with van der Waals surface area (Å²) in [5.74, 6) is -0.833. The van der Waals surface area contributed by atoms with Crippen LogP contribution in [0.2, 0.25) is 0 Å². The monoisotopic (exact) mass is 347 g/mol. The molecule has 0 atom stereocenters. The van der Waals surface area contributed by atoms with Crippen LogP contribution in [0.3, 0.4) is 0 Å². The molecule has 0 saturated carbocycles. The van der Waals surface area contributed by atoms with Gasteiger partial charge in [-0.25, -0.2) is 4.79 Å². The van der Waals surface area contributed by atoms with E-state index in [9.17, 15) is 9.59 Å². The number of aliphatic carboxylic acids is 1. The summed E-state index contributed by atoms with van der Waals surface area (Å²) in [4.78, 5) is 22.5. The zero-order valence-corrected chi connectivity index (χ0v) is 16.9. The van der Waals surface area contributed by atoms with Gasteiger partial charge >= 0.3 is 12.1 Å². The molecule has 0 aromatic heterocycles. The van der Waals surface area contributed by atoms with Gasteiger partial charge in [0.2, 0.25) is 0 Å². The Morgan fingerprint density at radius 1 is 0.958 bits per heavy atom. The van der Waals surface area contributed by atoms with E-state index in [1.807, 2.05) is 48.5 Å². The maximum absolute atomic E-state index is 11.5. The number of carboxylic acids is 1. The van der Waals surface area contributed by atoms with Crippen LogP contribution in [-0.2, 0) is 14.3 Å². The highest BCUT2D eigenvalue weighted by Crippen LogP contribution is 2.22. The van der Waals surface area contributed by atoms with Crippen molar-refractivity contribution in [2.24, 2.45) is 5.41 Å². The van der Waals surface area contributed by atoms with Gasteiger partial charge in [0.15, 0.2) is 0 Å². The lowest BCUT2D eigenvalue weighted by Gasteiger charge is -2.28. The van der Waals surface area contributed by atoms with E-state index in [2.05, 4.69) is 5.32 Å². The van der Waals surface area contributed by atoms with Gasteiger partial charge in [-0.15, -0.1) is 0 Å². The molecule has 0 fully saturated rings. The van der Waals surface area contributed by atoms with Crippen molar-refractivity contribution in [2.45, 2.75) is 86.4 Å². The molecule has 144 valence electrons. The first kappa shape index (κ1) is 24.9. The number of carboxylic acid groups (broad SMARTS) is 1. The second-order valence-electron chi connectivity index (χ2n) is 7.73. The van der Waals surface area contributed by atoms with Crippen LogP contribution in [0.25, 0.3) is 0 Å². The third-order valence-corrected chi connectivity index (χ3v) is 3.19. The minimum atomic E-state index is -0.833. The maximum atomic E-state index is 11.5. The van der Waals surface area contributed by atoms with Gasteiger partial charge < -0.3 is 19.9 Å². The topological polar surface area (TPSA) is 84.9 Å². The largest absolute Gasteiger partial charge is 0.481 e. The van der Waals surface area contributed by atoms with Crippen LogP contribution >= 0.6 is 0 Å². The van der Waals surface area contributed by atoms with Gasteiger partial charge in [0.1, 0.15) is 5.60 Å². The highest BCUT2D eigenvalue weighted by Gasteiger charge is 2.28. The Balaban J connectivity index is 0. The first-order chi connectivity index (χ1) is 10.8. The molecule has 6 nitrogen and oxygen atoms in total. The predicted molar refractivity (Wildman–Crippen MR) is 96.3 cm³/mol. The van der Waals surface area contributed by atoms with Crippen LogP contribution in [0, 0.1) is 5.41 Å². The first-order valence-corrected chi connectivity index (χ1v) is 8.59. The van der Waals surface area contributed by atoms with Crippen LogP contribution < -0.4 is 5.32 Å². The lowest BCUT2D eigenvalue weighted by molar-refractivity contribution is -0.149. The molecule has 0 radical (unpaired) electrons. The normalized spacial score (nSPS) is 12.0. The van der Waals surface area contributed by atoms with Crippen molar-refractivity contribution in [2.75, 3.05) is 13.2 Å². The lowest BCUT2D eigenvalue weighted by atomic mass is 9.90. The summed E-state index contributed by atoms with van der Waals surface area (Å²) in [5, 5.41) is 11.7. The Bertz CT molecular complexity index is 383. The lowest BCUT2D eigenvalue weighted by Crippen LogP contribution is -2.37. The number of hydrogen-bond donors (Lipinski definition) is 2. The summed E-state index contributed by atoms with van der Waals surface area (Å²) in [6.07, 6.45) is 0.598. The Morgan fingerprint density at radius 2 is 1.46 bits per heavy atom. The van der Waals surface area contributed by atoms with Gasteiger partial charge in [-0.3, -0.25) is 4.79 Å². The van der Waals surface area contributed by atoms with Crippen molar-refractivity contribution in [3.63, 3.8) is 0 Å². The molecule has 0 aliphatic carbocycles. The Morgan fingerprint density at radius 3 is 1.88 bits per heavy atom. The fraction of sp³-hybridized carbons (Fsp3) is 0.889. The smallest absolute Gasteiger partial charge is 0.407 e. The quantitative estimate of drug-likeness (QED) is 0.686. The van der Waals surface area contributed by atoms with E-state index in [1.165, 1.54) is 0 Å². The molecule has 0 aromatic rings. The highest BCUT2D eigenvalue weighted by atomic mass is 16.6. The predicted octanol–water partition coefficient (Wildman–Crippen LogP) is 4.22. The molecule has 1 amide bonds. The third-order valence-electron chi connectivity index (χ3n) is 3.19. The molecule has 6 heteroatoms. The van der Waals surface area contributed by atoms with Crippen LogP contribution in [0.1, 0.15) is 75.2 Å². The van der Waals surface area contributed by atoms with Crippen LogP contribution in [-0.4, -0.2) is 41.5 Å². The number of carbonyl (C=O) groups is 2. The molecule has 0 heterocycles. The second-order valence-corrected chi connectivity index (χ2v) is 7.73. The second kappa shape index (κ2) is 10.5. The number of amides is 1. The van der Waals surface area contributed by atoms with Gasteiger partial charge in [-0.05, 0) is 61.3 Å². The van der Waals surface area contributed by atoms with Gasteiger partial charge in [0.25, 0.3) is 0 Å². The van der Waals surface area contributed by atoms with E-state index in [4.69, 9.17) is 14.6 Å². The number of carbonyl (C=O) groups excluding carboxylic acids is 1. The number of hydrogen-bond acceptors (Lipinski definition) is 4. The minimum absolute atomic E-state index is 0.360. The molecule has 0 aliphatic rings. The minimum Gasteiger partial charge on any atom is -0.481 e. The molecule has 0 unspecified atom stereocenters. The van der Waals surface area contributed by atoms with E-state index in [1.54, 1.807) is 13.8 Å². The van der Waals surface area contributed by atoms with Crippen molar-refractivity contribution in [3.05, 3.63) is 0 Å². The fourth-order valence-corrected chi connectivity index (χ4v) is 1.54. The van der Waals surface area contributed by atoms with Gasteiger partial charge in [-0.1, -0.05) is 13.8 Å². The van der Waals surface area contributed by atoms with E-state index in [0.717, 1.165) is 0 Å². The van der Waals surface area contributed by atoms with Crippen molar-refractivity contribution < 1.29 is 24.2 Å². The summed E-state index contributed by atoms with van der Waals surface area (Å²) in [7, 11) is 0. The van der Waals surface area contributed by atoms with E-state index < -0.39 is 28.7 Å². The molecule has 2 N–H and O–H groups in total. The molecule has 0 rings (SSSR count). The van der Waals surface area contributed by atoms with Crippen molar-refractivity contribution >= 4 is 12.1 Å². The van der Waals surface area contributed by atoms with Crippen molar-refractivity contribution in [1.29, 1.82) is 0 Å². The van der Waals surface area contributed by atoms with E-state index >= 15 is 0 Å². The molecule has 0 saturated heterocycles. The molecule has 0 bridgehead atoms. The first-order valence-electron chi connectivity index (χ1n) is 8.59. The van der Waals surface area contributed by atoms with Crippen molar-refractivity contribution in [1.82, 2.24) is 5.32 Å².